The van der Waals surface area contributed by atoms with Crippen LogP contribution < -0.4 is 4.90 Å². The second-order valence-electron chi connectivity index (χ2n) is 6.67. The summed E-state index contributed by atoms with van der Waals surface area (Å²) < 4.78 is 7.11. The Morgan fingerprint density at radius 2 is 1.96 bits per heavy atom. The number of ether oxygens (including phenoxy) is 1. The third kappa shape index (κ3) is 3.70. The van der Waals surface area contributed by atoms with Gasteiger partial charge in [-0.2, -0.15) is 0 Å². The van der Waals surface area contributed by atoms with Crippen molar-refractivity contribution in [2.24, 2.45) is 5.92 Å². The first-order chi connectivity index (χ1) is 12.6. The number of thioether (sulfide) groups is 1. The fourth-order valence-corrected chi connectivity index (χ4v) is 5.06. The van der Waals surface area contributed by atoms with Gasteiger partial charge >= 0.3 is 0 Å². The first kappa shape index (κ1) is 18.4. The van der Waals surface area contributed by atoms with E-state index in [9.17, 15) is 0 Å². The van der Waals surface area contributed by atoms with E-state index < -0.39 is 4.33 Å². The molecular formula is C18H22Cl2N4OS. The Labute approximate surface area is 168 Å². The molecule has 0 unspecified atom stereocenters. The lowest BCUT2D eigenvalue weighted by atomic mass is 10.1. The molecule has 4 rings (SSSR count). The molecule has 2 aliphatic rings. The number of hydrogen-bond acceptors (Lipinski definition) is 5. The topological polar surface area (TPSA) is 43.2 Å². The van der Waals surface area contributed by atoms with Crippen molar-refractivity contribution in [1.29, 1.82) is 0 Å². The third-order valence-electron chi connectivity index (χ3n) is 4.89. The van der Waals surface area contributed by atoms with Gasteiger partial charge in [-0.15, -0.1) is 33.4 Å². The van der Waals surface area contributed by atoms with E-state index in [1.807, 2.05) is 0 Å². The van der Waals surface area contributed by atoms with E-state index >= 15 is 0 Å². The zero-order valence-electron chi connectivity index (χ0n) is 14.7. The predicted molar refractivity (Wildman–Crippen MR) is 107 cm³/mol. The second-order valence-corrected chi connectivity index (χ2v) is 9.20. The average Bonchev–Trinajstić information content (AvgIpc) is 3.09. The normalized spacial score (nSPS) is 21.8. The van der Waals surface area contributed by atoms with Crippen LogP contribution in [0, 0.1) is 5.92 Å². The van der Waals surface area contributed by atoms with E-state index in [4.69, 9.17) is 27.9 Å². The zero-order chi connectivity index (χ0) is 18.1. The molecule has 0 bridgehead atoms. The number of rotatable bonds is 6. The van der Waals surface area contributed by atoms with Crippen LogP contribution in [-0.2, 0) is 11.2 Å². The maximum atomic E-state index is 6.19. The molecule has 2 fully saturated rings. The van der Waals surface area contributed by atoms with E-state index in [0.29, 0.717) is 19.1 Å². The maximum Gasteiger partial charge on any atom is 0.232 e. The second kappa shape index (κ2) is 7.58. The van der Waals surface area contributed by atoms with Crippen molar-refractivity contribution in [3.8, 4) is 5.69 Å². The smallest absolute Gasteiger partial charge is 0.232 e. The van der Waals surface area contributed by atoms with Crippen LogP contribution in [0.15, 0.2) is 29.4 Å². The van der Waals surface area contributed by atoms with Gasteiger partial charge in [0, 0.05) is 24.8 Å². The third-order valence-corrected chi connectivity index (χ3v) is 6.91. The fraction of sp³-hybridized carbons (Fsp3) is 0.556. The summed E-state index contributed by atoms with van der Waals surface area (Å²) in [7, 11) is 0. The van der Waals surface area contributed by atoms with Crippen molar-refractivity contribution in [3.05, 3.63) is 29.8 Å². The summed E-state index contributed by atoms with van der Waals surface area (Å²) in [6.45, 7) is 5.25. The monoisotopic (exact) mass is 412 g/mol. The molecule has 1 saturated carbocycles. The number of nitrogens with zero attached hydrogens (tertiary/aromatic N) is 4. The summed E-state index contributed by atoms with van der Waals surface area (Å²) in [6, 6.07) is 8.44. The molecule has 2 aromatic rings. The number of aromatic nitrogens is 3. The average molecular weight is 413 g/mol. The van der Waals surface area contributed by atoms with Crippen LogP contribution in [0.25, 0.3) is 5.69 Å². The molecule has 2 heterocycles. The number of morpholine rings is 1. The summed E-state index contributed by atoms with van der Waals surface area (Å²) in [5, 5.41) is 9.91. The molecule has 1 aromatic carbocycles. The van der Waals surface area contributed by atoms with Crippen LogP contribution >= 0.6 is 35.0 Å². The lowest BCUT2D eigenvalue weighted by molar-refractivity contribution is 0.122. The molecule has 26 heavy (non-hydrogen) atoms. The van der Waals surface area contributed by atoms with E-state index in [1.165, 1.54) is 5.56 Å². The number of halogens is 2. The molecule has 0 amide bonds. The van der Waals surface area contributed by atoms with Crippen LogP contribution in [0.2, 0.25) is 0 Å². The number of anilines is 1. The minimum Gasteiger partial charge on any atom is -0.378 e. The Kier molecular flexibility index (Phi) is 5.37. The van der Waals surface area contributed by atoms with Crippen LogP contribution in [0.1, 0.15) is 18.9 Å². The molecule has 1 aromatic heterocycles. The molecule has 1 aliphatic heterocycles. The van der Waals surface area contributed by atoms with Crippen molar-refractivity contribution in [3.63, 3.8) is 0 Å². The van der Waals surface area contributed by atoms with Crippen molar-refractivity contribution < 1.29 is 4.74 Å². The Balaban J connectivity index is 1.68. The van der Waals surface area contributed by atoms with Crippen molar-refractivity contribution in [1.82, 2.24) is 14.8 Å². The van der Waals surface area contributed by atoms with Gasteiger partial charge in [0.2, 0.25) is 5.95 Å². The summed E-state index contributed by atoms with van der Waals surface area (Å²) in [5.74, 6) is 2.05. The highest BCUT2D eigenvalue weighted by Crippen LogP contribution is 2.54. The van der Waals surface area contributed by atoms with Gasteiger partial charge in [-0.1, -0.05) is 36.9 Å². The molecule has 1 saturated heterocycles. The summed E-state index contributed by atoms with van der Waals surface area (Å²) in [6.07, 6.45) is 1.80. The van der Waals surface area contributed by atoms with E-state index in [-0.39, 0.29) is 0 Å². The standard InChI is InChI=1S/C18H22Cl2N4OS/c1-2-13-5-3-4-6-15(13)24-16(23-7-9-25-10-8-23)21-22-17(24)26-12-14-11-18(14,19)20/h3-6,14H,2,7-12H2,1H3/t14-/m0/s1. The quantitative estimate of drug-likeness (QED) is 0.530. The Hall–Kier alpha value is -0.950. The molecule has 8 heteroatoms. The summed E-state index contributed by atoms with van der Waals surface area (Å²) in [5.41, 5.74) is 2.42. The molecule has 5 nitrogen and oxygen atoms in total. The Morgan fingerprint density at radius 1 is 1.23 bits per heavy atom. The highest BCUT2D eigenvalue weighted by Gasteiger charge is 2.51. The maximum absolute atomic E-state index is 6.19. The molecule has 0 radical (unpaired) electrons. The van der Waals surface area contributed by atoms with Crippen molar-refractivity contribution in [2.75, 3.05) is 37.0 Å². The van der Waals surface area contributed by atoms with E-state index in [2.05, 4.69) is 50.9 Å². The number of aryl methyl sites for hydroxylation is 1. The number of para-hydroxylation sites is 1. The molecule has 1 atom stereocenters. The van der Waals surface area contributed by atoms with Gasteiger partial charge < -0.3 is 9.64 Å². The van der Waals surface area contributed by atoms with Crippen LogP contribution in [0.3, 0.4) is 0 Å². The highest BCUT2D eigenvalue weighted by atomic mass is 35.5. The van der Waals surface area contributed by atoms with Gasteiger partial charge in [0.05, 0.1) is 18.9 Å². The van der Waals surface area contributed by atoms with Crippen LogP contribution in [0.4, 0.5) is 5.95 Å². The Morgan fingerprint density at radius 3 is 2.65 bits per heavy atom. The zero-order valence-corrected chi connectivity index (χ0v) is 17.0. The van der Waals surface area contributed by atoms with E-state index in [1.54, 1.807) is 11.8 Å². The Bertz CT molecular complexity index is 776. The number of hydrogen-bond donors (Lipinski definition) is 0. The molecule has 0 N–H and O–H groups in total. The minimum absolute atomic E-state index is 0.314. The largest absolute Gasteiger partial charge is 0.378 e. The van der Waals surface area contributed by atoms with Crippen LogP contribution in [0.5, 0.6) is 0 Å². The van der Waals surface area contributed by atoms with Gasteiger partial charge in [0.15, 0.2) is 5.16 Å². The first-order valence-electron chi connectivity index (χ1n) is 8.97. The summed E-state index contributed by atoms with van der Waals surface area (Å²) in [4.78, 5) is 2.25. The number of alkyl halides is 2. The molecule has 140 valence electrons. The molecule has 1 aliphatic carbocycles. The van der Waals surface area contributed by atoms with Gasteiger partial charge in [0.25, 0.3) is 0 Å². The van der Waals surface area contributed by atoms with Gasteiger partial charge in [-0.3, -0.25) is 4.57 Å². The van der Waals surface area contributed by atoms with Gasteiger partial charge in [0.1, 0.15) is 4.33 Å². The molecular weight excluding hydrogens is 391 g/mol. The SMILES string of the molecule is CCc1ccccc1-n1c(SC[C@@H]2CC2(Cl)Cl)nnc1N1CCOCC1. The fourth-order valence-electron chi connectivity index (χ4n) is 3.19. The number of benzene rings is 1. The van der Waals surface area contributed by atoms with E-state index in [0.717, 1.165) is 48.5 Å². The van der Waals surface area contributed by atoms with Crippen molar-refractivity contribution >= 4 is 40.9 Å². The predicted octanol–water partition coefficient (Wildman–Crippen LogP) is 3.95. The van der Waals surface area contributed by atoms with Gasteiger partial charge in [-0.25, -0.2) is 0 Å². The first-order valence-corrected chi connectivity index (χ1v) is 10.7. The lowest BCUT2D eigenvalue weighted by Gasteiger charge is -2.28. The molecule has 0 spiro atoms. The van der Waals surface area contributed by atoms with Crippen molar-refractivity contribution in [2.45, 2.75) is 29.3 Å². The van der Waals surface area contributed by atoms with Gasteiger partial charge in [-0.05, 0) is 24.5 Å². The summed E-state index contributed by atoms with van der Waals surface area (Å²) >= 11 is 14.1. The highest BCUT2D eigenvalue weighted by molar-refractivity contribution is 7.99. The van der Waals surface area contributed by atoms with Crippen LogP contribution in [-0.4, -0.2) is 51.2 Å². The lowest BCUT2D eigenvalue weighted by Crippen LogP contribution is -2.38. The minimum atomic E-state index is -0.563.